The maximum Gasteiger partial charge on any atom is 0.224 e. The van der Waals surface area contributed by atoms with E-state index in [-0.39, 0.29) is 5.91 Å². The van der Waals surface area contributed by atoms with Gasteiger partial charge in [0.25, 0.3) is 0 Å². The van der Waals surface area contributed by atoms with Crippen LogP contribution in [0.5, 0.6) is 0 Å². The first-order valence-electron chi connectivity index (χ1n) is 7.70. The Balaban J connectivity index is 1.96. The number of benzene rings is 1. The molecular formula is C17H26N2O. The molecule has 2 rings (SSSR count). The standard InChI is InChI=1S/C17H26N2O/c1-12(2)15-8-4-6-13(3)17(15)19-16(20)10-9-14-7-5-11-18-14/h4,6,8,12,14,18H,5,7,9-11H2,1-3H3,(H,19,20). The van der Waals surface area contributed by atoms with Gasteiger partial charge in [-0.25, -0.2) is 0 Å². The van der Waals surface area contributed by atoms with Crippen molar-refractivity contribution in [2.24, 2.45) is 0 Å². The normalized spacial score (nSPS) is 18.5. The molecule has 3 heteroatoms. The third-order valence-corrected chi connectivity index (χ3v) is 4.07. The summed E-state index contributed by atoms with van der Waals surface area (Å²) < 4.78 is 0. The third-order valence-electron chi connectivity index (χ3n) is 4.07. The topological polar surface area (TPSA) is 41.1 Å². The predicted octanol–water partition coefficient (Wildman–Crippen LogP) is 3.59. The summed E-state index contributed by atoms with van der Waals surface area (Å²) in [5.41, 5.74) is 3.37. The van der Waals surface area contributed by atoms with E-state index in [0.29, 0.717) is 18.4 Å². The molecule has 20 heavy (non-hydrogen) atoms. The summed E-state index contributed by atoms with van der Waals surface area (Å²) in [4.78, 5) is 12.2. The Kier molecular flexibility index (Phi) is 5.18. The largest absolute Gasteiger partial charge is 0.326 e. The maximum atomic E-state index is 12.2. The van der Waals surface area contributed by atoms with Crippen LogP contribution in [0.1, 0.15) is 56.6 Å². The quantitative estimate of drug-likeness (QED) is 0.861. The van der Waals surface area contributed by atoms with Crippen LogP contribution < -0.4 is 10.6 Å². The number of hydrogen-bond acceptors (Lipinski definition) is 2. The molecule has 1 fully saturated rings. The van der Waals surface area contributed by atoms with Crippen LogP contribution in [-0.4, -0.2) is 18.5 Å². The first-order chi connectivity index (χ1) is 9.58. The summed E-state index contributed by atoms with van der Waals surface area (Å²) in [7, 11) is 0. The van der Waals surface area contributed by atoms with Crippen LogP contribution in [0.25, 0.3) is 0 Å². The lowest BCUT2D eigenvalue weighted by molar-refractivity contribution is -0.116. The number of carbonyl (C=O) groups excluding carboxylic acids is 1. The number of carbonyl (C=O) groups is 1. The molecule has 1 heterocycles. The minimum atomic E-state index is 0.134. The minimum Gasteiger partial charge on any atom is -0.326 e. The van der Waals surface area contributed by atoms with Gasteiger partial charge in [0.2, 0.25) is 5.91 Å². The predicted molar refractivity (Wildman–Crippen MR) is 84.2 cm³/mol. The van der Waals surface area contributed by atoms with E-state index in [0.717, 1.165) is 24.2 Å². The average Bonchev–Trinajstić information content (AvgIpc) is 2.91. The number of hydrogen-bond donors (Lipinski definition) is 2. The van der Waals surface area contributed by atoms with E-state index < -0.39 is 0 Å². The minimum absolute atomic E-state index is 0.134. The Morgan fingerprint density at radius 1 is 1.45 bits per heavy atom. The average molecular weight is 274 g/mol. The molecule has 110 valence electrons. The number of para-hydroxylation sites is 1. The van der Waals surface area contributed by atoms with E-state index >= 15 is 0 Å². The van der Waals surface area contributed by atoms with Gasteiger partial charge in [0.15, 0.2) is 0 Å². The molecule has 0 aliphatic carbocycles. The molecule has 0 radical (unpaired) electrons. The van der Waals surface area contributed by atoms with Gasteiger partial charge in [-0.1, -0.05) is 32.0 Å². The van der Waals surface area contributed by atoms with E-state index in [1.54, 1.807) is 0 Å². The maximum absolute atomic E-state index is 12.2. The zero-order valence-corrected chi connectivity index (χ0v) is 12.8. The van der Waals surface area contributed by atoms with Gasteiger partial charge in [-0.05, 0) is 49.8 Å². The Hall–Kier alpha value is -1.35. The lowest BCUT2D eigenvalue weighted by Crippen LogP contribution is -2.24. The molecule has 1 saturated heterocycles. The molecule has 3 nitrogen and oxygen atoms in total. The smallest absolute Gasteiger partial charge is 0.224 e. The van der Waals surface area contributed by atoms with Crippen molar-refractivity contribution in [2.75, 3.05) is 11.9 Å². The van der Waals surface area contributed by atoms with Crippen LogP contribution in [0.2, 0.25) is 0 Å². The lowest BCUT2D eigenvalue weighted by atomic mass is 9.98. The van der Waals surface area contributed by atoms with E-state index in [9.17, 15) is 4.79 Å². The molecule has 1 unspecified atom stereocenters. The SMILES string of the molecule is Cc1cccc(C(C)C)c1NC(=O)CCC1CCCN1. The molecule has 1 aliphatic heterocycles. The van der Waals surface area contributed by atoms with Crippen molar-refractivity contribution < 1.29 is 4.79 Å². The van der Waals surface area contributed by atoms with Gasteiger partial charge in [-0.2, -0.15) is 0 Å². The van der Waals surface area contributed by atoms with Crippen molar-refractivity contribution in [1.82, 2.24) is 5.32 Å². The second-order valence-corrected chi connectivity index (χ2v) is 6.07. The van der Waals surface area contributed by atoms with Crippen LogP contribution in [0.3, 0.4) is 0 Å². The number of anilines is 1. The van der Waals surface area contributed by atoms with Crippen molar-refractivity contribution in [3.8, 4) is 0 Å². The molecule has 0 spiro atoms. The fourth-order valence-electron chi connectivity index (χ4n) is 2.85. The highest BCUT2D eigenvalue weighted by molar-refractivity contribution is 5.92. The van der Waals surface area contributed by atoms with Crippen LogP contribution in [0.4, 0.5) is 5.69 Å². The van der Waals surface area contributed by atoms with Gasteiger partial charge < -0.3 is 10.6 Å². The number of aryl methyl sites for hydroxylation is 1. The number of rotatable bonds is 5. The molecular weight excluding hydrogens is 248 g/mol. The molecule has 1 amide bonds. The van der Waals surface area contributed by atoms with E-state index in [1.807, 2.05) is 0 Å². The summed E-state index contributed by atoms with van der Waals surface area (Å²) in [6, 6.07) is 6.75. The van der Waals surface area contributed by atoms with Crippen LogP contribution in [0.15, 0.2) is 18.2 Å². The van der Waals surface area contributed by atoms with Gasteiger partial charge in [0, 0.05) is 18.2 Å². The Bertz CT molecular complexity index is 462. The summed E-state index contributed by atoms with van der Waals surface area (Å²) in [5.74, 6) is 0.552. The van der Waals surface area contributed by atoms with Gasteiger partial charge in [-0.15, -0.1) is 0 Å². The van der Waals surface area contributed by atoms with E-state index in [2.05, 4.69) is 49.6 Å². The molecule has 1 aliphatic rings. The Labute approximate surface area is 122 Å². The van der Waals surface area contributed by atoms with Crippen molar-refractivity contribution in [3.63, 3.8) is 0 Å². The second kappa shape index (κ2) is 6.89. The molecule has 1 aromatic rings. The summed E-state index contributed by atoms with van der Waals surface area (Å²) in [6.45, 7) is 7.47. The highest BCUT2D eigenvalue weighted by Crippen LogP contribution is 2.27. The zero-order chi connectivity index (χ0) is 14.5. The first kappa shape index (κ1) is 15.0. The molecule has 0 saturated carbocycles. The molecule has 2 N–H and O–H groups in total. The molecule has 1 atom stereocenters. The van der Waals surface area contributed by atoms with Crippen LogP contribution >= 0.6 is 0 Å². The van der Waals surface area contributed by atoms with Crippen molar-refractivity contribution in [2.45, 2.75) is 58.4 Å². The monoisotopic (exact) mass is 274 g/mol. The van der Waals surface area contributed by atoms with Gasteiger partial charge in [0.1, 0.15) is 0 Å². The fourth-order valence-corrected chi connectivity index (χ4v) is 2.85. The lowest BCUT2D eigenvalue weighted by Gasteiger charge is -2.17. The molecule has 1 aromatic carbocycles. The highest BCUT2D eigenvalue weighted by Gasteiger charge is 2.16. The summed E-state index contributed by atoms with van der Waals surface area (Å²) in [5, 5.41) is 6.55. The third kappa shape index (κ3) is 3.83. The number of amides is 1. The van der Waals surface area contributed by atoms with Crippen molar-refractivity contribution in [1.29, 1.82) is 0 Å². The highest BCUT2D eigenvalue weighted by atomic mass is 16.1. The van der Waals surface area contributed by atoms with E-state index in [1.165, 1.54) is 18.4 Å². The number of nitrogens with one attached hydrogen (secondary N) is 2. The fraction of sp³-hybridized carbons (Fsp3) is 0.588. The van der Waals surface area contributed by atoms with E-state index in [4.69, 9.17) is 0 Å². The first-order valence-corrected chi connectivity index (χ1v) is 7.70. The van der Waals surface area contributed by atoms with Crippen LogP contribution in [-0.2, 0) is 4.79 Å². The molecule has 0 bridgehead atoms. The van der Waals surface area contributed by atoms with Crippen molar-refractivity contribution >= 4 is 11.6 Å². The van der Waals surface area contributed by atoms with Gasteiger partial charge >= 0.3 is 0 Å². The van der Waals surface area contributed by atoms with Crippen molar-refractivity contribution in [3.05, 3.63) is 29.3 Å². The Morgan fingerprint density at radius 2 is 2.25 bits per heavy atom. The zero-order valence-electron chi connectivity index (χ0n) is 12.8. The van der Waals surface area contributed by atoms with Crippen LogP contribution in [0, 0.1) is 6.92 Å². The summed E-state index contributed by atoms with van der Waals surface area (Å²) in [6.07, 6.45) is 3.98. The summed E-state index contributed by atoms with van der Waals surface area (Å²) >= 11 is 0. The van der Waals surface area contributed by atoms with Gasteiger partial charge in [0.05, 0.1) is 0 Å². The molecule has 0 aromatic heterocycles. The van der Waals surface area contributed by atoms with Gasteiger partial charge in [-0.3, -0.25) is 4.79 Å². The Morgan fingerprint density at radius 3 is 2.90 bits per heavy atom. The second-order valence-electron chi connectivity index (χ2n) is 6.07.